The van der Waals surface area contributed by atoms with E-state index in [1.54, 1.807) is 13.8 Å². The van der Waals surface area contributed by atoms with Gasteiger partial charge in [0.2, 0.25) is 11.6 Å². The Hall–Kier alpha value is -3.02. The molecule has 2 aromatic carbocycles. The molecule has 0 aromatic heterocycles. The third kappa shape index (κ3) is 2.11. The maximum absolute atomic E-state index is 12.7. The van der Waals surface area contributed by atoms with Gasteiger partial charge in [0, 0.05) is 11.5 Å². The highest BCUT2D eigenvalue weighted by Gasteiger charge is 2.48. The summed E-state index contributed by atoms with van der Waals surface area (Å²) in [5.41, 5.74) is -0.327. The van der Waals surface area contributed by atoms with E-state index in [1.165, 1.54) is 24.3 Å². The molecule has 0 saturated heterocycles. The lowest BCUT2D eigenvalue weighted by molar-refractivity contribution is -0.118. The second kappa shape index (κ2) is 4.99. The molecule has 0 heterocycles. The maximum Gasteiger partial charge on any atom is 0.233 e. The molecule has 0 fully saturated rings. The van der Waals surface area contributed by atoms with Crippen LogP contribution in [0.15, 0.2) is 30.3 Å². The zero-order chi connectivity index (χ0) is 17.8. The average molecular weight is 328 g/mol. The highest BCUT2D eigenvalue weighted by atomic mass is 16.3. The molecule has 0 amide bonds. The maximum atomic E-state index is 12.7. The number of phenols is 4. The fourth-order valence-corrected chi connectivity index (χ4v) is 3.38. The fourth-order valence-electron chi connectivity index (χ4n) is 3.38. The number of rotatable bonds is 1. The van der Waals surface area contributed by atoms with Crippen LogP contribution in [-0.2, 0) is 10.2 Å². The summed E-state index contributed by atoms with van der Waals surface area (Å²) in [6.07, 6.45) is 0. The minimum Gasteiger partial charge on any atom is -0.508 e. The predicted octanol–water partition coefficient (Wildman–Crippen LogP) is 2.34. The molecule has 1 unspecified atom stereocenters. The zero-order valence-electron chi connectivity index (χ0n) is 13.1. The van der Waals surface area contributed by atoms with Crippen LogP contribution in [0.25, 0.3) is 0 Å². The molecule has 24 heavy (non-hydrogen) atoms. The number of Topliss-reactive ketones (excluding diaryl/α,β-unsaturated/α-hetero) is 2. The molecule has 0 spiro atoms. The molecule has 4 N–H and O–H groups in total. The number of benzene rings is 2. The lowest BCUT2D eigenvalue weighted by Gasteiger charge is -2.39. The first-order valence-electron chi connectivity index (χ1n) is 7.31. The van der Waals surface area contributed by atoms with E-state index in [2.05, 4.69) is 0 Å². The van der Waals surface area contributed by atoms with Crippen molar-refractivity contribution in [2.24, 2.45) is 0 Å². The van der Waals surface area contributed by atoms with Gasteiger partial charge in [0.05, 0.1) is 11.5 Å². The Bertz CT molecular complexity index is 881. The van der Waals surface area contributed by atoms with Crippen molar-refractivity contribution in [1.82, 2.24) is 0 Å². The second-order valence-corrected chi connectivity index (χ2v) is 6.48. The lowest BCUT2D eigenvalue weighted by Crippen LogP contribution is -2.42. The van der Waals surface area contributed by atoms with Gasteiger partial charge in [-0.1, -0.05) is 19.9 Å². The van der Waals surface area contributed by atoms with Crippen LogP contribution >= 0.6 is 0 Å². The molecular weight excluding hydrogens is 312 g/mol. The van der Waals surface area contributed by atoms with E-state index in [0.717, 1.165) is 6.07 Å². The largest absolute Gasteiger partial charge is 0.508 e. The zero-order valence-corrected chi connectivity index (χ0v) is 13.1. The minimum atomic E-state index is -0.931. The van der Waals surface area contributed by atoms with Gasteiger partial charge in [0.15, 0.2) is 11.5 Å². The highest BCUT2D eigenvalue weighted by molar-refractivity contribution is 6.47. The number of fused-ring (bicyclic) bond motifs is 1. The Balaban J connectivity index is 2.27. The highest BCUT2D eigenvalue weighted by Crippen LogP contribution is 2.49. The number of aromatic hydroxyl groups is 4. The minimum absolute atomic E-state index is 0.109. The van der Waals surface area contributed by atoms with Gasteiger partial charge in [-0.25, -0.2) is 0 Å². The second-order valence-electron chi connectivity index (χ2n) is 6.48. The monoisotopic (exact) mass is 328 g/mol. The van der Waals surface area contributed by atoms with Crippen molar-refractivity contribution in [3.05, 3.63) is 47.0 Å². The van der Waals surface area contributed by atoms with E-state index < -0.39 is 34.4 Å². The summed E-state index contributed by atoms with van der Waals surface area (Å²) in [5, 5.41) is 38.9. The van der Waals surface area contributed by atoms with Crippen molar-refractivity contribution >= 4 is 11.6 Å². The van der Waals surface area contributed by atoms with Gasteiger partial charge in [-0.15, -0.1) is 0 Å². The Morgan fingerprint density at radius 1 is 0.875 bits per heavy atom. The Morgan fingerprint density at radius 3 is 2.17 bits per heavy atom. The van der Waals surface area contributed by atoms with Gasteiger partial charge >= 0.3 is 0 Å². The van der Waals surface area contributed by atoms with Crippen molar-refractivity contribution in [2.45, 2.75) is 25.2 Å². The van der Waals surface area contributed by atoms with E-state index in [-0.39, 0.29) is 17.1 Å². The summed E-state index contributed by atoms with van der Waals surface area (Å²) in [7, 11) is 0. The van der Waals surface area contributed by atoms with Crippen molar-refractivity contribution in [2.75, 3.05) is 0 Å². The van der Waals surface area contributed by atoms with Crippen LogP contribution in [0.2, 0.25) is 0 Å². The van der Waals surface area contributed by atoms with E-state index in [9.17, 15) is 30.0 Å². The van der Waals surface area contributed by atoms with Crippen LogP contribution in [0.5, 0.6) is 23.0 Å². The van der Waals surface area contributed by atoms with E-state index in [1.807, 2.05) is 0 Å². The molecule has 6 nitrogen and oxygen atoms in total. The first kappa shape index (κ1) is 15.9. The van der Waals surface area contributed by atoms with Crippen molar-refractivity contribution in [3.63, 3.8) is 0 Å². The van der Waals surface area contributed by atoms with Crippen LogP contribution in [0.4, 0.5) is 0 Å². The van der Waals surface area contributed by atoms with Gasteiger partial charge in [-0.05, 0) is 29.3 Å². The molecule has 1 atom stereocenters. The summed E-state index contributed by atoms with van der Waals surface area (Å²) in [6, 6.07) is 6.31. The number of carbonyl (C=O) groups excluding carboxylic acids is 2. The summed E-state index contributed by atoms with van der Waals surface area (Å²) >= 11 is 0. The number of ketones is 2. The van der Waals surface area contributed by atoms with Crippen LogP contribution in [-0.4, -0.2) is 32.0 Å². The lowest BCUT2D eigenvalue weighted by atomic mass is 9.62. The first-order chi connectivity index (χ1) is 11.1. The van der Waals surface area contributed by atoms with Gasteiger partial charge in [0.1, 0.15) is 11.5 Å². The topological polar surface area (TPSA) is 115 Å². The van der Waals surface area contributed by atoms with Crippen molar-refractivity contribution < 1.29 is 30.0 Å². The standard InChI is InChI=1S/C18H16O6/c1-18(2)10-6-9(19)7-13(22)14(10)16(23)17(24)15(18)8-3-4-11(20)12(21)5-8/h3-7,15,19-22H,1-2H3. The molecule has 0 bridgehead atoms. The van der Waals surface area contributed by atoms with Crippen LogP contribution < -0.4 is 0 Å². The number of phenolic OH excluding ortho intramolecular Hbond substituents is 4. The number of hydrogen-bond acceptors (Lipinski definition) is 6. The van der Waals surface area contributed by atoms with Gasteiger partial charge in [-0.2, -0.15) is 0 Å². The quantitative estimate of drug-likeness (QED) is 0.472. The Kier molecular flexibility index (Phi) is 3.30. The molecule has 0 radical (unpaired) electrons. The summed E-state index contributed by atoms with van der Waals surface area (Å²) in [4.78, 5) is 25.1. The Morgan fingerprint density at radius 2 is 1.54 bits per heavy atom. The summed E-state index contributed by atoms with van der Waals surface area (Å²) < 4.78 is 0. The average Bonchev–Trinajstić information content (AvgIpc) is 2.48. The first-order valence-corrected chi connectivity index (χ1v) is 7.31. The van der Waals surface area contributed by atoms with E-state index in [4.69, 9.17) is 0 Å². The molecule has 1 aliphatic carbocycles. The molecule has 2 aromatic rings. The van der Waals surface area contributed by atoms with E-state index in [0.29, 0.717) is 11.1 Å². The third-order valence-corrected chi connectivity index (χ3v) is 4.56. The molecule has 124 valence electrons. The fraction of sp³-hybridized carbons (Fsp3) is 0.222. The summed E-state index contributed by atoms with van der Waals surface area (Å²) in [5.74, 6) is -3.88. The normalized spacial score (nSPS) is 19.2. The molecule has 6 heteroatoms. The van der Waals surface area contributed by atoms with Crippen molar-refractivity contribution in [3.8, 4) is 23.0 Å². The van der Waals surface area contributed by atoms with Crippen LogP contribution in [0, 0.1) is 0 Å². The molecular formula is C18H16O6. The smallest absolute Gasteiger partial charge is 0.233 e. The number of carbonyl (C=O) groups is 2. The van der Waals surface area contributed by atoms with Crippen LogP contribution in [0.3, 0.4) is 0 Å². The van der Waals surface area contributed by atoms with Gasteiger partial charge in [-0.3, -0.25) is 9.59 Å². The summed E-state index contributed by atoms with van der Waals surface area (Å²) in [6.45, 7) is 3.42. The molecule has 3 rings (SSSR count). The number of hydrogen-bond donors (Lipinski definition) is 4. The molecule has 0 saturated carbocycles. The SMILES string of the molecule is CC1(C)c2cc(O)cc(O)c2C(=O)C(=O)C1c1ccc(O)c(O)c1. The van der Waals surface area contributed by atoms with Gasteiger partial charge in [0.25, 0.3) is 0 Å². The predicted molar refractivity (Wildman–Crippen MR) is 84.6 cm³/mol. The van der Waals surface area contributed by atoms with E-state index >= 15 is 0 Å². The van der Waals surface area contributed by atoms with Crippen LogP contribution in [0.1, 0.15) is 41.3 Å². The third-order valence-electron chi connectivity index (χ3n) is 4.56. The molecule has 0 aliphatic heterocycles. The van der Waals surface area contributed by atoms with Gasteiger partial charge < -0.3 is 20.4 Å². The Labute approximate surface area is 137 Å². The van der Waals surface area contributed by atoms with Crippen molar-refractivity contribution in [1.29, 1.82) is 0 Å². The molecule has 1 aliphatic rings.